The van der Waals surface area contributed by atoms with Crippen LogP contribution in [0, 0.1) is 0 Å². The Morgan fingerprint density at radius 2 is 2.32 bits per heavy atom. The van der Waals surface area contributed by atoms with Gasteiger partial charge >= 0.3 is 5.97 Å². The van der Waals surface area contributed by atoms with E-state index in [0.29, 0.717) is 18.8 Å². The third-order valence-corrected chi connectivity index (χ3v) is 3.97. The molecule has 0 fully saturated rings. The standard InChI is InChI=1S/C12H14ClN3O2S/c1-2-7-6-8-10(14-5-3-4-9(17)18)15-12(13)16-11(8)19-7/h6H,2-5H2,1H3,(H,17,18)(H,14,15,16). The molecule has 19 heavy (non-hydrogen) atoms. The molecule has 5 nitrogen and oxygen atoms in total. The summed E-state index contributed by atoms with van der Waals surface area (Å²) in [4.78, 5) is 20.9. The third kappa shape index (κ3) is 3.54. The molecule has 0 atom stereocenters. The van der Waals surface area contributed by atoms with Crippen LogP contribution in [-0.4, -0.2) is 27.6 Å². The van der Waals surface area contributed by atoms with Crippen molar-refractivity contribution in [2.75, 3.05) is 11.9 Å². The second kappa shape index (κ2) is 6.16. The zero-order valence-corrected chi connectivity index (χ0v) is 12.0. The van der Waals surface area contributed by atoms with Crippen molar-refractivity contribution < 1.29 is 9.90 Å². The van der Waals surface area contributed by atoms with E-state index in [4.69, 9.17) is 16.7 Å². The van der Waals surface area contributed by atoms with Gasteiger partial charge in [0.2, 0.25) is 5.28 Å². The molecule has 0 aliphatic carbocycles. The highest BCUT2D eigenvalue weighted by atomic mass is 35.5. The van der Waals surface area contributed by atoms with Gasteiger partial charge in [0, 0.05) is 17.8 Å². The first-order valence-electron chi connectivity index (χ1n) is 6.01. The maximum Gasteiger partial charge on any atom is 0.303 e. The highest BCUT2D eigenvalue weighted by Gasteiger charge is 2.10. The van der Waals surface area contributed by atoms with Crippen molar-refractivity contribution >= 4 is 44.9 Å². The van der Waals surface area contributed by atoms with Crippen molar-refractivity contribution in [1.29, 1.82) is 0 Å². The Labute approximate surface area is 119 Å². The molecule has 2 N–H and O–H groups in total. The van der Waals surface area contributed by atoms with E-state index in [9.17, 15) is 4.79 Å². The van der Waals surface area contributed by atoms with E-state index in [-0.39, 0.29) is 11.7 Å². The second-order valence-electron chi connectivity index (χ2n) is 4.05. The Bertz CT molecular complexity index is 600. The second-order valence-corrected chi connectivity index (χ2v) is 5.50. The van der Waals surface area contributed by atoms with Crippen LogP contribution >= 0.6 is 22.9 Å². The molecule has 0 amide bonds. The SMILES string of the molecule is CCc1cc2c(NCCCC(=O)O)nc(Cl)nc2s1. The third-order valence-electron chi connectivity index (χ3n) is 2.62. The fourth-order valence-corrected chi connectivity index (χ4v) is 2.89. The lowest BCUT2D eigenvalue weighted by molar-refractivity contribution is -0.137. The van der Waals surface area contributed by atoms with E-state index < -0.39 is 5.97 Å². The Kier molecular flexibility index (Phi) is 4.55. The summed E-state index contributed by atoms with van der Waals surface area (Å²) in [5, 5.41) is 12.9. The van der Waals surface area contributed by atoms with E-state index >= 15 is 0 Å². The number of nitrogens with one attached hydrogen (secondary N) is 1. The minimum absolute atomic E-state index is 0.138. The average Bonchev–Trinajstić information content (AvgIpc) is 2.77. The first-order chi connectivity index (χ1) is 9.10. The molecule has 102 valence electrons. The number of aliphatic carboxylic acids is 1. The van der Waals surface area contributed by atoms with E-state index in [1.807, 2.05) is 0 Å². The van der Waals surface area contributed by atoms with Gasteiger partial charge in [0.25, 0.3) is 0 Å². The number of carboxylic acid groups (broad SMARTS) is 1. The predicted octanol–water partition coefficient (Wildman–Crippen LogP) is 3.18. The van der Waals surface area contributed by atoms with E-state index in [1.54, 1.807) is 11.3 Å². The number of carboxylic acids is 1. The largest absolute Gasteiger partial charge is 0.481 e. The number of halogens is 1. The minimum atomic E-state index is -0.795. The Morgan fingerprint density at radius 1 is 1.53 bits per heavy atom. The molecular weight excluding hydrogens is 286 g/mol. The van der Waals surface area contributed by atoms with Crippen LogP contribution in [0.15, 0.2) is 6.07 Å². The number of aromatic nitrogens is 2. The molecule has 0 aliphatic heterocycles. The number of hydrogen-bond donors (Lipinski definition) is 2. The van der Waals surface area contributed by atoms with Crippen molar-refractivity contribution in [3.8, 4) is 0 Å². The molecular formula is C12H14ClN3O2S. The topological polar surface area (TPSA) is 75.1 Å². The first kappa shape index (κ1) is 14.0. The average molecular weight is 300 g/mol. The van der Waals surface area contributed by atoms with Gasteiger partial charge in [-0.2, -0.15) is 0 Å². The van der Waals surface area contributed by atoms with Gasteiger partial charge < -0.3 is 10.4 Å². The van der Waals surface area contributed by atoms with Gasteiger partial charge in [0.05, 0.1) is 5.39 Å². The van der Waals surface area contributed by atoms with Crippen molar-refractivity contribution in [2.24, 2.45) is 0 Å². The van der Waals surface area contributed by atoms with Gasteiger partial charge in [0.1, 0.15) is 10.6 Å². The molecule has 0 aliphatic rings. The van der Waals surface area contributed by atoms with Crippen LogP contribution in [0.1, 0.15) is 24.6 Å². The van der Waals surface area contributed by atoms with Crippen LogP contribution in [0.3, 0.4) is 0 Å². The van der Waals surface area contributed by atoms with E-state index in [0.717, 1.165) is 16.6 Å². The number of carbonyl (C=O) groups is 1. The van der Waals surface area contributed by atoms with Crippen molar-refractivity contribution in [1.82, 2.24) is 9.97 Å². The summed E-state index contributed by atoms with van der Waals surface area (Å²) in [7, 11) is 0. The minimum Gasteiger partial charge on any atom is -0.481 e. The number of hydrogen-bond acceptors (Lipinski definition) is 5. The van der Waals surface area contributed by atoms with Gasteiger partial charge in [-0.15, -0.1) is 11.3 Å². The number of aryl methyl sites for hydroxylation is 1. The molecule has 2 rings (SSSR count). The van der Waals surface area contributed by atoms with Crippen molar-refractivity contribution in [2.45, 2.75) is 26.2 Å². The number of rotatable bonds is 6. The highest BCUT2D eigenvalue weighted by molar-refractivity contribution is 7.18. The molecule has 0 aromatic carbocycles. The normalized spacial score (nSPS) is 10.8. The maximum atomic E-state index is 10.4. The molecule has 2 heterocycles. The van der Waals surface area contributed by atoms with Crippen molar-refractivity contribution in [3.63, 3.8) is 0 Å². The summed E-state index contributed by atoms with van der Waals surface area (Å²) in [6.07, 6.45) is 1.62. The zero-order chi connectivity index (χ0) is 13.8. The quantitative estimate of drug-likeness (QED) is 0.633. The van der Waals surface area contributed by atoms with Crippen LogP contribution in [0.4, 0.5) is 5.82 Å². The lowest BCUT2D eigenvalue weighted by Gasteiger charge is -2.05. The lowest BCUT2D eigenvalue weighted by Crippen LogP contribution is -2.06. The summed E-state index contributed by atoms with van der Waals surface area (Å²) in [5.74, 6) is -0.118. The molecule has 7 heteroatoms. The Balaban J connectivity index is 2.16. The molecule has 0 spiro atoms. The maximum absolute atomic E-state index is 10.4. The summed E-state index contributed by atoms with van der Waals surface area (Å²) in [6.45, 7) is 2.63. The summed E-state index contributed by atoms with van der Waals surface area (Å²) < 4.78 is 0. The van der Waals surface area contributed by atoms with Gasteiger partial charge in [-0.25, -0.2) is 9.97 Å². The Morgan fingerprint density at radius 3 is 3.00 bits per heavy atom. The summed E-state index contributed by atoms with van der Waals surface area (Å²) in [5.41, 5.74) is 0. The molecule has 0 saturated carbocycles. The van der Waals surface area contributed by atoms with Crippen LogP contribution in [0.2, 0.25) is 5.28 Å². The molecule has 0 unspecified atom stereocenters. The van der Waals surface area contributed by atoms with Crippen LogP contribution in [0.5, 0.6) is 0 Å². The number of nitrogens with zero attached hydrogens (tertiary/aromatic N) is 2. The van der Waals surface area contributed by atoms with Gasteiger partial charge in [0.15, 0.2) is 0 Å². The van der Waals surface area contributed by atoms with Crippen LogP contribution < -0.4 is 5.32 Å². The lowest BCUT2D eigenvalue weighted by atomic mass is 10.3. The number of anilines is 1. The molecule has 0 bridgehead atoms. The van der Waals surface area contributed by atoms with Crippen molar-refractivity contribution in [3.05, 3.63) is 16.2 Å². The fraction of sp³-hybridized carbons (Fsp3) is 0.417. The van der Waals surface area contributed by atoms with Crippen LogP contribution in [0.25, 0.3) is 10.2 Å². The number of thiophene rings is 1. The van der Waals surface area contributed by atoms with Crippen LogP contribution in [-0.2, 0) is 11.2 Å². The smallest absolute Gasteiger partial charge is 0.303 e. The predicted molar refractivity (Wildman–Crippen MR) is 77.2 cm³/mol. The molecule has 0 radical (unpaired) electrons. The van der Waals surface area contributed by atoms with E-state index in [2.05, 4.69) is 28.3 Å². The van der Waals surface area contributed by atoms with Gasteiger partial charge in [-0.1, -0.05) is 6.92 Å². The zero-order valence-electron chi connectivity index (χ0n) is 10.4. The Hall–Kier alpha value is -1.40. The number of fused-ring (bicyclic) bond motifs is 1. The first-order valence-corrected chi connectivity index (χ1v) is 7.21. The monoisotopic (exact) mass is 299 g/mol. The summed E-state index contributed by atoms with van der Waals surface area (Å²) >= 11 is 7.49. The highest BCUT2D eigenvalue weighted by Crippen LogP contribution is 2.30. The molecule has 2 aromatic heterocycles. The molecule has 2 aromatic rings. The summed E-state index contributed by atoms with van der Waals surface area (Å²) in [6, 6.07) is 2.05. The van der Waals surface area contributed by atoms with E-state index in [1.165, 1.54) is 4.88 Å². The molecule has 0 saturated heterocycles. The van der Waals surface area contributed by atoms with Gasteiger partial charge in [-0.3, -0.25) is 4.79 Å². The fourth-order valence-electron chi connectivity index (χ4n) is 1.70. The van der Waals surface area contributed by atoms with Gasteiger partial charge in [-0.05, 0) is 30.5 Å².